The van der Waals surface area contributed by atoms with E-state index in [-0.39, 0.29) is 24.2 Å². The first-order valence-corrected chi connectivity index (χ1v) is 10.6. The van der Waals surface area contributed by atoms with E-state index in [1.165, 1.54) is 12.8 Å². The van der Waals surface area contributed by atoms with E-state index in [0.717, 1.165) is 30.3 Å². The highest BCUT2D eigenvalue weighted by Crippen LogP contribution is 2.25. The number of nitrogens with zero attached hydrogens (tertiary/aromatic N) is 4. The Labute approximate surface area is 176 Å². The van der Waals surface area contributed by atoms with Crippen molar-refractivity contribution in [3.05, 3.63) is 42.1 Å². The number of nitrogens with one attached hydrogen (secondary N) is 2. The number of rotatable bonds is 7. The van der Waals surface area contributed by atoms with Crippen LogP contribution in [0, 0.1) is 12.8 Å². The van der Waals surface area contributed by atoms with Crippen LogP contribution >= 0.6 is 0 Å². The number of para-hydroxylation sites is 1. The monoisotopic (exact) mass is 408 g/mol. The average molecular weight is 409 g/mol. The smallest absolute Gasteiger partial charge is 0.227 e. The van der Waals surface area contributed by atoms with E-state index in [9.17, 15) is 9.59 Å². The Morgan fingerprint density at radius 3 is 2.67 bits per heavy atom. The molecule has 2 aromatic rings. The van der Waals surface area contributed by atoms with Crippen molar-refractivity contribution in [2.24, 2.45) is 5.92 Å². The van der Waals surface area contributed by atoms with Crippen LogP contribution in [0.3, 0.4) is 0 Å². The van der Waals surface area contributed by atoms with Crippen molar-refractivity contribution in [3.63, 3.8) is 0 Å². The molecule has 1 aromatic carbocycles. The Kier molecular flexibility index (Phi) is 6.11. The van der Waals surface area contributed by atoms with Crippen LogP contribution < -0.4 is 20.4 Å². The predicted octanol–water partition coefficient (Wildman–Crippen LogP) is 1.97. The lowest BCUT2D eigenvalue weighted by molar-refractivity contribution is -0.126. The minimum absolute atomic E-state index is 0.0120. The molecular formula is C22H28N6O2. The zero-order valence-corrected chi connectivity index (χ0v) is 17.3. The summed E-state index contributed by atoms with van der Waals surface area (Å²) in [6, 6.07) is 11.5. The molecular weight excluding hydrogens is 380 g/mol. The highest BCUT2D eigenvalue weighted by atomic mass is 16.2. The Morgan fingerprint density at radius 2 is 1.90 bits per heavy atom. The summed E-state index contributed by atoms with van der Waals surface area (Å²) >= 11 is 0. The van der Waals surface area contributed by atoms with Gasteiger partial charge in [0.05, 0.1) is 5.92 Å². The van der Waals surface area contributed by atoms with Gasteiger partial charge < -0.3 is 20.4 Å². The predicted molar refractivity (Wildman–Crippen MR) is 117 cm³/mol. The number of aromatic nitrogens is 2. The van der Waals surface area contributed by atoms with Gasteiger partial charge in [0.1, 0.15) is 5.82 Å². The van der Waals surface area contributed by atoms with Gasteiger partial charge in [-0.1, -0.05) is 18.2 Å². The number of anilines is 3. The summed E-state index contributed by atoms with van der Waals surface area (Å²) in [7, 11) is 0. The van der Waals surface area contributed by atoms with E-state index >= 15 is 0 Å². The molecule has 0 bridgehead atoms. The first-order chi connectivity index (χ1) is 14.6. The molecule has 8 heteroatoms. The third-order valence-corrected chi connectivity index (χ3v) is 5.54. The molecule has 2 amide bonds. The molecule has 30 heavy (non-hydrogen) atoms. The van der Waals surface area contributed by atoms with Gasteiger partial charge in [-0.25, -0.2) is 4.98 Å². The lowest BCUT2D eigenvalue weighted by Crippen LogP contribution is -2.35. The maximum Gasteiger partial charge on any atom is 0.227 e. The SMILES string of the molecule is Cc1cc(N2CCCC2)nc(NCCNC(=O)C2CC(=O)N(c3ccccc3)C2)n1. The lowest BCUT2D eigenvalue weighted by atomic mass is 10.1. The topological polar surface area (TPSA) is 90.5 Å². The molecule has 4 rings (SSSR count). The van der Waals surface area contributed by atoms with Gasteiger partial charge in [0.15, 0.2) is 0 Å². The fourth-order valence-corrected chi connectivity index (χ4v) is 3.98. The summed E-state index contributed by atoms with van der Waals surface area (Å²) in [5.74, 6) is 1.11. The number of hydrogen-bond acceptors (Lipinski definition) is 6. The molecule has 1 unspecified atom stereocenters. The van der Waals surface area contributed by atoms with Crippen molar-refractivity contribution >= 4 is 29.3 Å². The van der Waals surface area contributed by atoms with E-state index in [1.54, 1.807) is 4.90 Å². The third-order valence-electron chi connectivity index (χ3n) is 5.54. The van der Waals surface area contributed by atoms with Gasteiger partial charge in [0, 0.05) is 56.6 Å². The number of amides is 2. The Hall–Kier alpha value is -3.16. The van der Waals surface area contributed by atoms with Crippen LogP contribution in [0.1, 0.15) is 25.0 Å². The molecule has 0 spiro atoms. The summed E-state index contributed by atoms with van der Waals surface area (Å²) < 4.78 is 0. The molecule has 158 valence electrons. The maximum absolute atomic E-state index is 12.5. The van der Waals surface area contributed by atoms with Crippen LogP contribution in [0.15, 0.2) is 36.4 Å². The first-order valence-electron chi connectivity index (χ1n) is 10.6. The van der Waals surface area contributed by atoms with Crippen molar-refractivity contribution in [3.8, 4) is 0 Å². The van der Waals surface area contributed by atoms with Gasteiger partial charge in [0.25, 0.3) is 0 Å². The van der Waals surface area contributed by atoms with Crippen LogP contribution in [0.2, 0.25) is 0 Å². The standard InChI is InChI=1S/C22H28N6O2/c1-16-13-19(27-11-5-6-12-27)26-22(25-16)24-10-9-23-21(30)17-14-20(29)28(15-17)18-7-3-2-4-8-18/h2-4,7-8,13,17H,5-6,9-12,14-15H2,1H3,(H,23,30)(H,24,25,26). The second-order valence-corrected chi connectivity index (χ2v) is 7.84. The van der Waals surface area contributed by atoms with Crippen molar-refractivity contribution in [1.82, 2.24) is 15.3 Å². The van der Waals surface area contributed by atoms with E-state index < -0.39 is 0 Å². The number of carbonyl (C=O) groups excluding carboxylic acids is 2. The molecule has 2 N–H and O–H groups in total. The van der Waals surface area contributed by atoms with Crippen molar-refractivity contribution < 1.29 is 9.59 Å². The minimum Gasteiger partial charge on any atom is -0.356 e. The second kappa shape index (κ2) is 9.11. The number of carbonyl (C=O) groups is 2. The highest BCUT2D eigenvalue weighted by Gasteiger charge is 2.34. The quantitative estimate of drug-likeness (QED) is 0.681. The molecule has 2 aliphatic heterocycles. The fourth-order valence-electron chi connectivity index (χ4n) is 3.98. The Morgan fingerprint density at radius 1 is 1.13 bits per heavy atom. The summed E-state index contributed by atoms with van der Waals surface area (Å²) in [5, 5.41) is 6.12. The van der Waals surface area contributed by atoms with Gasteiger partial charge >= 0.3 is 0 Å². The zero-order chi connectivity index (χ0) is 20.9. The lowest BCUT2D eigenvalue weighted by Gasteiger charge is -2.18. The maximum atomic E-state index is 12.5. The van der Waals surface area contributed by atoms with Crippen LogP contribution in [0.25, 0.3) is 0 Å². The van der Waals surface area contributed by atoms with Crippen LogP contribution in [-0.4, -0.2) is 54.5 Å². The van der Waals surface area contributed by atoms with Gasteiger partial charge in [0.2, 0.25) is 17.8 Å². The minimum atomic E-state index is -0.324. The van der Waals surface area contributed by atoms with Gasteiger partial charge in [-0.2, -0.15) is 4.98 Å². The van der Waals surface area contributed by atoms with Crippen LogP contribution in [0.4, 0.5) is 17.5 Å². The van der Waals surface area contributed by atoms with E-state index in [4.69, 9.17) is 0 Å². The zero-order valence-electron chi connectivity index (χ0n) is 17.3. The normalized spacial score (nSPS) is 18.7. The summed E-state index contributed by atoms with van der Waals surface area (Å²) in [5.41, 5.74) is 1.76. The average Bonchev–Trinajstić information content (AvgIpc) is 3.41. The summed E-state index contributed by atoms with van der Waals surface area (Å²) in [4.78, 5) is 37.8. The largest absolute Gasteiger partial charge is 0.356 e. The number of aryl methyl sites for hydroxylation is 1. The van der Waals surface area contributed by atoms with Crippen molar-refractivity contribution in [1.29, 1.82) is 0 Å². The third kappa shape index (κ3) is 4.69. The van der Waals surface area contributed by atoms with Gasteiger partial charge in [-0.3, -0.25) is 9.59 Å². The van der Waals surface area contributed by atoms with Crippen LogP contribution in [-0.2, 0) is 9.59 Å². The van der Waals surface area contributed by atoms with Crippen molar-refractivity contribution in [2.45, 2.75) is 26.2 Å². The molecule has 0 aliphatic carbocycles. The second-order valence-electron chi connectivity index (χ2n) is 7.84. The molecule has 3 heterocycles. The number of benzene rings is 1. The molecule has 2 aliphatic rings. The first kappa shape index (κ1) is 20.1. The molecule has 2 fully saturated rings. The van der Waals surface area contributed by atoms with Gasteiger partial charge in [-0.15, -0.1) is 0 Å². The molecule has 1 aromatic heterocycles. The van der Waals surface area contributed by atoms with Crippen molar-refractivity contribution in [2.75, 3.05) is 47.8 Å². The van der Waals surface area contributed by atoms with E-state index in [1.807, 2.05) is 43.3 Å². The summed E-state index contributed by atoms with van der Waals surface area (Å²) in [6.07, 6.45) is 2.64. The summed E-state index contributed by atoms with van der Waals surface area (Å²) in [6.45, 7) is 5.42. The van der Waals surface area contributed by atoms with Crippen LogP contribution in [0.5, 0.6) is 0 Å². The Balaban J connectivity index is 1.25. The number of hydrogen-bond donors (Lipinski definition) is 2. The van der Waals surface area contributed by atoms with Gasteiger partial charge in [-0.05, 0) is 31.9 Å². The molecule has 0 radical (unpaired) electrons. The molecule has 0 saturated carbocycles. The highest BCUT2D eigenvalue weighted by molar-refractivity contribution is 6.00. The Bertz CT molecular complexity index is 898. The molecule has 2 saturated heterocycles. The fraction of sp³-hybridized carbons (Fsp3) is 0.455. The van der Waals surface area contributed by atoms with E-state index in [2.05, 4.69) is 25.5 Å². The molecule has 8 nitrogen and oxygen atoms in total. The van der Waals surface area contributed by atoms with E-state index in [0.29, 0.717) is 25.6 Å². The molecule has 1 atom stereocenters.